The Hall–Kier alpha value is -1.30. The first kappa shape index (κ1) is 18.5. The second-order valence-corrected chi connectivity index (χ2v) is 7.20. The molecule has 0 unspecified atom stereocenters. The van der Waals surface area contributed by atoms with Crippen molar-refractivity contribution in [2.75, 3.05) is 26.3 Å². The summed E-state index contributed by atoms with van der Waals surface area (Å²) < 4.78 is 17.5. The average molecular weight is 368 g/mol. The minimum absolute atomic E-state index is 0.0283. The van der Waals surface area contributed by atoms with Crippen molar-refractivity contribution in [3.8, 4) is 5.75 Å². The van der Waals surface area contributed by atoms with Crippen LogP contribution in [-0.2, 0) is 14.3 Å². The summed E-state index contributed by atoms with van der Waals surface area (Å²) in [6, 6.07) is 3.77. The standard InChI is InChI=1S/C19H26ClNO4/c1-4-16(25-15-11-13(2)17(20)14(3)12-15)18(22)21-7-5-19(6-8-21)23-9-10-24-19/h11-12,16H,4-10H2,1-3H3/t16-/m0/s1. The van der Waals surface area contributed by atoms with E-state index in [0.29, 0.717) is 51.3 Å². The van der Waals surface area contributed by atoms with E-state index < -0.39 is 11.9 Å². The number of likely N-dealkylation sites (tertiary alicyclic amines) is 1. The van der Waals surface area contributed by atoms with Crippen LogP contribution in [0.5, 0.6) is 5.75 Å². The van der Waals surface area contributed by atoms with Crippen molar-refractivity contribution in [1.29, 1.82) is 0 Å². The third-order valence-corrected chi connectivity index (χ3v) is 5.58. The van der Waals surface area contributed by atoms with E-state index in [1.165, 1.54) is 0 Å². The molecule has 0 aromatic heterocycles. The lowest BCUT2D eigenvalue weighted by Gasteiger charge is -2.38. The molecule has 2 aliphatic heterocycles. The maximum Gasteiger partial charge on any atom is 0.263 e. The molecule has 2 saturated heterocycles. The third-order valence-electron chi connectivity index (χ3n) is 4.99. The van der Waals surface area contributed by atoms with Crippen molar-refractivity contribution in [1.82, 2.24) is 4.90 Å². The highest BCUT2D eigenvalue weighted by atomic mass is 35.5. The highest BCUT2D eigenvalue weighted by Gasteiger charge is 2.41. The fraction of sp³-hybridized carbons (Fsp3) is 0.632. The van der Waals surface area contributed by atoms with Crippen LogP contribution in [0, 0.1) is 13.8 Å². The number of hydrogen-bond donors (Lipinski definition) is 0. The smallest absolute Gasteiger partial charge is 0.263 e. The molecule has 1 atom stereocenters. The molecule has 2 fully saturated rings. The molecule has 2 heterocycles. The van der Waals surface area contributed by atoms with Crippen LogP contribution in [0.1, 0.15) is 37.3 Å². The van der Waals surface area contributed by atoms with E-state index in [2.05, 4.69) is 0 Å². The highest BCUT2D eigenvalue weighted by Crippen LogP contribution is 2.32. The topological polar surface area (TPSA) is 48.0 Å². The number of halogens is 1. The average Bonchev–Trinajstić information content (AvgIpc) is 3.05. The summed E-state index contributed by atoms with van der Waals surface area (Å²) in [7, 11) is 0. The van der Waals surface area contributed by atoms with Gasteiger partial charge in [0.2, 0.25) is 0 Å². The summed E-state index contributed by atoms with van der Waals surface area (Å²) >= 11 is 6.21. The largest absolute Gasteiger partial charge is 0.481 e. The third kappa shape index (κ3) is 3.94. The molecule has 0 aliphatic carbocycles. The van der Waals surface area contributed by atoms with Crippen LogP contribution < -0.4 is 4.74 Å². The van der Waals surface area contributed by atoms with Gasteiger partial charge in [0.25, 0.3) is 5.91 Å². The van der Waals surface area contributed by atoms with Crippen molar-refractivity contribution in [2.24, 2.45) is 0 Å². The number of aryl methyl sites for hydroxylation is 2. The monoisotopic (exact) mass is 367 g/mol. The Morgan fingerprint density at radius 2 is 1.80 bits per heavy atom. The molecule has 6 heteroatoms. The van der Waals surface area contributed by atoms with E-state index >= 15 is 0 Å². The first-order chi connectivity index (χ1) is 11.9. The first-order valence-corrected chi connectivity index (χ1v) is 9.32. The number of carbonyl (C=O) groups excluding carboxylic acids is 1. The summed E-state index contributed by atoms with van der Waals surface area (Å²) in [5.41, 5.74) is 1.91. The Morgan fingerprint density at radius 1 is 1.24 bits per heavy atom. The van der Waals surface area contributed by atoms with Crippen molar-refractivity contribution >= 4 is 17.5 Å². The van der Waals surface area contributed by atoms with Crippen LogP contribution in [0.2, 0.25) is 5.02 Å². The maximum absolute atomic E-state index is 12.9. The van der Waals surface area contributed by atoms with Crippen LogP contribution in [-0.4, -0.2) is 49.0 Å². The minimum Gasteiger partial charge on any atom is -0.481 e. The maximum atomic E-state index is 12.9. The fourth-order valence-corrected chi connectivity index (χ4v) is 3.61. The van der Waals surface area contributed by atoms with Crippen LogP contribution in [0.3, 0.4) is 0 Å². The molecule has 0 N–H and O–H groups in total. The van der Waals surface area contributed by atoms with Gasteiger partial charge in [-0.2, -0.15) is 0 Å². The zero-order valence-corrected chi connectivity index (χ0v) is 15.9. The minimum atomic E-state index is -0.487. The van der Waals surface area contributed by atoms with Gasteiger partial charge in [0.05, 0.1) is 13.2 Å². The number of carbonyl (C=O) groups is 1. The van der Waals surface area contributed by atoms with Gasteiger partial charge in [0.15, 0.2) is 11.9 Å². The molecular weight excluding hydrogens is 342 g/mol. The number of amides is 1. The van der Waals surface area contributed by atoms with E-state index in [9.17, 15) is 4.79 Å². The molecule has 3 rings (SSSR count). The van der Waals surface area contributed by atoms with Crippen molar-refractivity contribution in [2.45, 2.75) is 51.9 Å². The Morgan fingerprint density at radius 3 is 2.32 bits per heavy atom. The lowest BCUT2D eigenvalue weighted by Crippen LogP contribution is -2.50. The number of piperidine rings is 1. The Bertz CT molecular complexity index is 609. The summed E-state index contributed by atoms with van der Waals surface area (Å²) in [6.07, 6.45) is 1.57. The molecule has 138 valence electrons. The Labute approximate surface area is 154 Å². The summed E-state index contributed by atoms with van der Waals surface area (Å²) in [4.78, 5) is 14.7. The van der Waals surface area contributed by atoms with Gasteiger partial charge in [-0.05, 0) is 43.5 Å². The van der Waals surface area contributed by atoms with Crippen molar-refractivity contribution in [3.05, 3.63) is 28.3 Å². The van der Waals surface area contributed by atoms with Crippen molar-refractivity contribution in [3.63, 3.8) is 0 Å². The normalized spacial score (nSPS) is 20.7. The van der Waals surface area contributed by atoms with Gasteiger partial charge < -0.3 is 19.1 Å². The van der Waals surface area contributed by atoms with Crippen LogP contribution in [0.25, 0.3) is 0 Å². The zero-order valence-electron chi connectivity index (χ0n) is 15.1. The van der Waals surface area contributed by atoms with E-state index in [0.717, 1.165) is 16.1 Å². The van der Waals surface area contributed by atoms with Gasteiger partial charge in [-0.1, -0.05) is 18.5 Å². The van der Waals surface area contributed by atoms with E-state index in [4.69, 9.17) is 25.8 Å². The number of ether oxygens (including phenoxy) is 3. The second kappa shape index (κ2) is 7.52. The Kier molecular flexibility index (Phi) is 5.56. The number of rotatable bonds is 4. The molecule has 1 aromatic carbocycles. The molecule has 0 bridgehead atoms. The lowest BCUT2D eigenvalue weighted by atomic mass is 10.0. The van der Waals surface area contributed by atoms with E-state index in [1.54, 1.807) is 0 Å². The number of benzene rings is 1. The molecule has 5 nitrogen and oxygen atoms in total. The van der Waals surface area contributed by atoms with Gasteiger partial charge in [0, 0.05) is 31.0 Å². The lowest BCUT2D eigenvalue weighted by molar-refractivity contribution is -0.189. The molecule has 1 spiro atoms. The van der Waals surface area contributed by atoms with Gasteiger partial charge in [-0.15, -0.1) is 0 Å². The molecular formula is C19H26ClNO4. The molecule has 0 radical (unpaired) electrons. The SMILES string of the molecule is CC[C@H](Oc1cc(C)c(Cl)c(C)c1)C(=O)N1CCC2(CC1)OCCO2. The predicted octanol–water partition coefficient (Wildman–Crippen LogP) is 3.48. The number of hydrogen-bond acceptors (Lipinski definition) is 4. The summed E-state index contributed by atoms with van der Waals surface area (Å²) in [5, 5.41) is 0.740. The highest BCUT2D eigenvalue weighted by molar-refractivity contribution is 6.32. The molecule has 25 heavy (non-hydrogen) atoms. The number of nitrogens with zero attached hydrogens (tertiary/aromatic N) is 1. The molecule has 1 aromatic rings. The summed E-state index contributed by atoms with van der Waals surface area (Å²) in [5.74, 6) is 0.250. The quantitative estimate of drug-likeness (QED) is 0.817. The fourth-order valence-electron chi connectivity index (χ4n) is 3.50. The first-order valence-electron chi connectivity index (χ1n) is 8.94. The van der Waals surface area contributed by atoms with Gasteiger partial charge in [-0.25, -0.2) is 0 Å². The zero-order chi connectivity index (χ0) is 18.0. The van der Waals surface area contributed by atoms with E-state index in [1.807, 2.05) is 37.8 Å². The molecule has 0 saturated carbocycles. The van der Waals surface area contributed by atoms with Gasteiger partial charge in [0.1, 0.15) is 5.75 Å². The summed E-state index contributed by atoms with van der Waals surface area (Å²) in [6.45, 7) is 8.41. The Balaban J connectivity index is 1.64. The van der Waals surface area contributed by atoms with Crippen molar-refractivity contribution < 1.29 is 19.0 Å². The van der Waals surface area contributed by atoms with Gasteiger partial charge >= 0.3 is 0 Å². The van der Waals surface area contributed by atoms with Crippen LogP contribution in [0.15, 0.2) is 12.1 Å². The second-order valence-electron chi connectivity index (χ2n) is 6.82. The molecule has 2 aliphatic rings. The van der Waals surface area contributed by atoms with E-state index in [-0.39, 0.29) is 5.91 Å². The molecule has 1 amide bonds. The van der Waals surface area contributed by atoms with Crippen LogP contribution in [0.4, 0.5) is 0 Å². The predicted molar refractivity (Wildman–Crippen MR) is 96.1 cm³/mol. The van der Waals surface area contributed by atoms with Gasteiger partial charge in [-0.3, -0.25) is 4.79 Å². The van der Waals surface area contributed by atoms with Crippen LogP contribution >= 0.6 is 11.6 Å².